The molecule has 0 atom stereocenters. The Morgan fingerprint density at radius 3 is 2.29 bits per heavy atom. The van der Waals surface area contributed by atoms with Crippen LogP contribution in [-0.4, -0.2) is 78.0 Å². The number of benzene rings is 3. The third kappa shape index (κ3) is 7.68. The van der Waals surface area contributed by atoms with Crippen molar-refractivity contribution in [2.45, 2.75) is 33.2 Å². The molecule has 254 valence electrons. The minimum Gasteiger partial charge on any atom is -0.497 e. The zero-order valence-electron chi connectivity index (χ0n) is 28.9. The topological polar surface area (TPSA) is 110 Å². The van der Waals surface area contributed by atoms with E-state index in [4.69, 9.17) is 19.6 Å². The lowest BCUT2D eigenvalue weighted by molar-refractivity contribution is 0.102. The fraction of sp³-hybridized carbons (Fsp3) is 0.316. The summed E-state index contributed by atoms with van der Waals surface area (Å²) in [4.78, 5) is 27.8. The number of aromatic nitrogens is 4. The Morgan fingerprint density at radius 1 is 0.878 bits per heavy atom. The summed E-state index contributed by atoms with van der Waals surface area (Å²) in [6, 6.07) is 23.7. The van der Waals surface area contributed by atoms with Crippen LogP contribution in [0.4, 0.5) is 23.0 Å². The van der Waals surface area contributed by atoms with Gasteiger partial charge in [-0.1, -0.05) is 44.2 Å². The molecule has 11 nitrogen and oxygen atoms in total. The predicted molar refractivity (Wildman–Crippen MR) is 194 cm³/mol. The van der Waals surface area contributed by atoms with Gasteiger partial charge in [0, 0.05) is 49.8 Å². The number of ether oxygens (including phenoxy) is 2. The number of aryl methyl sites for hydroxylation is 2. The van der Waals surface area contributed by atoms with Gasteiger partial charge < -0.3 is 29.9 Å². The molecule has 2 aromatic heterocycles. The number of carbonyl (C=O) groups excluding carboxylic acids is 1. The Morgan fingerprint density at radius 2 is 1.61 bits per heavy atom. The van der Waals surface area contributed by atoms with Gasteiger partial charge in [-0.25, -0.2) is 9.97 Å². The van der Waals surface area contributed by atoms with Crippen molar-refractivity contribution in [1.82, 2.24) is 24.6 Å². The lowest BCUT2D eigenvalue weighted by Gasteiger charge is -2.34. The fourth-order valence-electron chi connectivity index (χ4n) is 6.07. The zero-order valence-corrected chi connectivity index (χ0v) is 28.9. The number of para-hydroxylation sites is 1. The molecule has 1 aliphatic heterocycles. The van der Waals surface area contributed by atoms with E-state index in [1.165, 1.54) is 0 Å². The van der Waals surface area contributed by atoms with Gasteiger partial charge in [0.05, 0.1) is 37.8 Å². The van der Waals surface area contributed by atoms with E-state index in [2.05, 4.69) is 52.4 Å². The van der Waals surface area contributed by atoms with Crippen molar-refractivity contribution in [3.8, 4) is 22.9 Å². The summed E-state index contributed by atoms with van der Waals surface area (Å²) in [7, 11) is 5.46. The number of nitrogens with zero attached hydrogens (tertiary/aromatic N) is 6. The van der Waals surface area contributed by atoms with Gasteiger partial charge in [0.25, 0.3) is 5.91 Å². The number of piperazine rings is 1. The van der Waals surface area contributed by atoms with Crippen LogP contribution in [0, 0.1) is 0 Å². The molecule has 1 fully saturated rings. The molecule has 5 aromatic rings. The van der Waals surface area contributed by atoms with Crippen LogP contribution in [0.15, 0.2) is 79.0 Å². The molecular weight excluding hydrogens is 616 g/mol. The second kappa shape index (κ2) is 15.2. The van der Waals surface area contributed by atoms with Crippen molar-refractivity contribution >= 4 is 28.9 Å². The van der Waals surface area contributed by atoms with Gasteiger partial charge in [0.15, 0.2) is 5.69 Å². The van der Waals surface area contributed by atoms with E-state index in [-0.39, 0.29) is 5.91 Å². The van der Waals surface area contributed by atoms with Crippen LogP contribution >= 0.6 is 0 Å². The quantitative estimate of drug-likeness (QED) is 0.160. The molecule has 3 heterocycles. The van der Waals surface area contributed by atoms with Crippen LogP contribution in [0.25, 0.3) is 11.4 Å². The number of methoxy groups -OCH3 is 2. The second-order valence-electron chi connectivity index (χ2n) is 12.1. The van der Waals surface area contributed by atoms with E-state index in [1.54, 1.807) is 31.2 Å². The molecule has 11 heteroatoms. The average Bonchev–Trinajstić information content (AvgIpc) is 3.56. The van der Waals surface area contributed by atoms with E-state index >= 15 is 0 Å². The molecule has 0 saturated carbocycles. The van der Waals surface area contributed by atoms with Crippen molar-refractivity contribution in [3.63, 3.8) is 0 Å². The highest BCUT2D eigenvalue weighted by atomic mass is 16.5. The summed E-state index contributed by atoms with van der Waals surface area (Å²) in [5.74, 6) is 1.59. The SMILES string of the molecule is CCc1cccc(CC)c1NC(=O)c1cc(-c2ccnc(Nc3ccc(N4CCN(C)CC4)cc3OC)n2)n(Cc2ccc(OC)cc2)n1. The van der Waals surface area contributed by atoms with Gasteiger partial charge in [0.1, 0.15) is 11.5 Å². The number of hydrogen-bond donors (Lipinski definition) is 2. The molecule has 1 aliphatic rings. The molecule has 0 bridgehead atoms. The molecule has 0 spiro atoms. The average molecular weight is 661 g/mol. The highest BCUT2D eigenvalue weighted by molar-refractivity contribution is 6.04. The Labute approximate surface area is 287 Å². The lowest BCUT2D eigenvalue weighted by Crippen LogP contribution is -2.44. The Hall–Kier alpha value is -5.42. The van der Waals surface area contributed by atoms with Gasteiger partial charge in [-0.2, -0.15) is 5.10 Å². The molecule has 0 radical (unpaired) electrons. The maximum absolute atomic E-state index is 13.8. The van der Waals surface area contributed by atoms with Gasteiger partial charge in [0.2, 0.25) is 5.95 Å². The Bertz CT molecular complexity index is 1880. The summed E-state index contributed by atoms with van der Waals surface area (Å²) in [6.45, 7) is 8.57. The number of hydrogen-bond acceptors (Lipinski definition) is 9. The number of nitrogens with one attached hydrogen (secondary N) is 2. The Kier molecular flexibility index (Phi) is 10.4. The van der Waals surface area contributed by atoms with Crippen molar-refractivity contribution in [1.29, 1.82) is 0 Å². The van der Waals surface area contributed by atoms with E-state index in [0.717, 1.165) is 78.5 Å². The van der Waals surface area contributed by atoms with Crippen molar-refractivity contribution in [2.75, 3.05) is 63.0 Å². The van der Waals surface area contributed by atoms with Crippen LogP contribution in [0.5, 0.6) is 11.5 Å². The van der Waals surface area contributed by atoms with Gasteiger partial charge >= 0.3 is 0 Å². The predicted octanol–water partition coefficient (Wildman–Crippen LogP) is 6.28. The van der Waals surface area contributed by atoms with Crippen LogP contribution < -0.4 is 25.0 Å². The van der Waals surface area contributed by atoms with E-state index in [1.807, 2.05) is 60.7 Å². The lowest BCUT2D eigenvalue weighted by atomic mass is 10.0. The molecule has 2 N–H and O–H groups in total. The number of likely N-dealkylation sites (N-methyl/N-ethyl adjacent to an activating group) is 1. The van der Waals surface area contributed by atoms with Crippen molar-refractivity contribution < 1.29 is 14.3 Å². The first kappa shape index (κ1) is 33.5. The monoisotopic (exact) mass is 660 g/mol. The first-order chi connectivity index (χ1) is 23.9. The summed E-state index contributed by atoms with van der Waals surface area (Å²) in [6.07, 6.45) is 3.31. The van der Waals surface area contributed by atoms with E-state index in [9.17, 15) is 4.79 Å². The molecule has 1 saturated heterocycles. The first-order valence-electron chi connectivity index (χ1n) is 16.7. The van der Waals surface area contributed by atoms with E-state index in [0.29, 0.717) is 35.3 Å². The third-order valence-corrected chi connectivity index (χ3v) is 8.96. The summed E-state index contributed by atoms with van der Waals surface area (Å²) in [5.41, 5.74) is 7.50. The number of anilines is 4. The smallest absolute Gasteiger partial charge is 0.276 e. The highest BCUT2D eigenvalue weighted by Crippen LogP contribution is 2.32. The normalized spacial score (nSPS) is 13.3. The minimum atomic E-state index is -0.275. The second-order valence-corrected chi connectivity index (χ2v) is 12.1. The number of amides is 1. The molecule has 0 unspecified atom stereocenters. The van der Waals surface area contributed by atoms with Crippen molar-refractivity contribution in [2.24, 2.45) is 0 Å². The molecular formula is C38H44N8O3. The van der Waals surface area contributed by atoms with E-state index < -0.39 is 0 Å². The number of rotatable bonds is 12. The number of carbonyl (C=O) groups is 1. The molecule has 0 aliphatic carbocycles. The standard InChI is InChI=1S/C38H44N8O3/c1-6-27-9-8-10-28(7-2)36(27)42-37(47)33-24-34(46(43-33)25-26-11-14-30(48-4)15-12-26)31-17-18-39-38(40-31)41-32-16-13-29(23-35(32)49-5)45-21-19-44(3)20-22-45/h8-18,23-24H,6-7,19-22,25H2,1-5H3,(H,42,47)(H,39,40,41). The van der Waals surface area contributed by atoms with Crippen LogP contribution in [0.3, 0.4) is 0 Å². The summed E-state index contributed by atoms with van der Waals surface area (Å²) in [5, 5.41) is 11.3. The highest BCUT2D eigenvalue weighted by Gasteiger charge is 2.20. The van der Waals surface area contributed by atoms with Crippen LogP contribution in [0.1, 0.15) is 41.0 Å². The molecule has 49 heavy (non-hydrogen) atoms. The molecule has 6 rings (SSSR count). The Balaban J connectivity index is 1.31. The molecule has 1 amide bonds. The zero-order chi connectivity index (χ0) is 34.3. The van der Waals surface area contributed by atoms with Crippen LogP contribution in [-0.2, 0) is 19.4 Å². The van der Waals surface area contributed by atoms with Gasteiger partial charge in [-0.05, 0) is 73.0 Å². The fourth-order valence-corrected chi connectivity index (χ4v) is 6.07. The summed E-state index contributed by atoms with van der Waals surface area (Å²) < 4.78 is 12.9. The van der Waals surface area contributed by atoms with Gasteiger partial charge in [-0.15, -0.1) is 0 Å². The third-order valence-electron chi connectivity index (χ3n) is 8.96. The van der Waals surface area contributed by atoms with Crippen molar-refractivity contribution in [3.05, 3.63) is 101 Å². The largest absolute Gasteiger partial charge is 0.497 e. The van der Waals surface area contributed by atoms with Crippen LogP contribution in [0.2, 0.25) is 0 Å². The van der Waals surface area contributed by atoms with Gasteiger partial charge in [-0.3, -0.25) is 9.48 Å². The maximum Gasteiger partial charge on any atom is 0.276 e. The minimum absolute atomic E-state index is 0.275. The summed E-state index contributed by atoms with van der Waals surface area (Å²) >= 11 is 0. The maximum atomic E-state index is 13.8. The molecule has 3 aromatic carbocycles. The first-order valence-corrected chi connectivity index (χ1v) is 16.7.